The van der Waals surface area contributed by atoms with Gasteiger partial charge in [-0.1, -0.05) is 13.8 Å². The average Bonchev–Trinajstić information content (AvgIpc) is 3.41. The number of H-pyrrole nitrogens is 1. The molecule has 2 N–H and O–H groups in total. The van der Waals surface area contributed by atoms with Crippen molar-refractivity contribution in [1.29, 1.82) is 0 Å². The van der Waals surface area contributed by atoms with Crippen molar-refractivity contribution in [2.45, 2.75) is 26.7 Å². The van der Waals surface area contributed by atoms with Crippen molar-refractivity contribution < 1.29 is 8.81 Å². The first-order valence-corrected chi connectivity index (χ1v) is 9.08. The van der Waals surface area contributed by atoms with E-state index in [2.05, 4.69) is 35.6 Å². The van der Waals surface area contributed by atoms with E-state index in [-0.39, 0.29) is 11.6 Å². The Hall–Kier alpha value is -3.82. The molecule has 0 aliphatic rings. The molecule has 0 radical (unpaired) electrons. The molecule has 5 heterocycles. The van der Waals surface area contributed by atoms with Gasteiger partial charge in [-0.2, -0.15) is 5.10 Å². The molecule has 0 aliphatic heterocycles. The van der Waals surface area contributed by atoms with Crippen LogP contribution in [-0.2, 0) is 0 Å². The molecule has 0 unspecified atom stereocenters. The van der Waals surface area contributed by atoms with E-state index < -0.39 is 5.82 Å². The number of nitrogens with one attached hydrogen (secondary N) is 2. The van der Waals surface area contributed by atoms with Crippen LogP contribution in [0.5, 0.6) is 0 Å². The molecule has 5 aromatic heterocycles. The van der Waals surface area contributed by atoms with E-state index in [0.717, 1.165) is 11.1 Å². The summed E-state index contributed by atoms with van der Waals surface area (Å²) in [4.78, 5) is 11.5. The molecule has 146 valence electrons. The molecular weight excluding hydrogens is 375 g/mol. The van der Waals surface area contributed by atoms with Gasteiger partial charge in [0.1, 0.15) is 17.5 Å². The summed E-state index contributed by atoms with van der Waals surface area (Å²) < 4.78 is 22.2. The summed E-state index contributed by atoms with van der Waals surface area (Å²) in [6.45, 7) is 5.83. The monoisotopic (exact) mass is 392 g/mol. The van der Waals surface area contributed by atoms with Crippen LogP contribution < -0.4 is 5.32 Å². The van der Waals surface area contributed by atoms with Crippen LogP contribution in [0.15, 0.2) is 35.4 Å². The maximum Gasteiger partial charge on any atom is 0.249 e. The first-order valence-electron chi connectivity index (χ1n) is 9.08. The van der Waals surface area contributed by atoms with Crippen molar-refractivity contribution in [3.63, 3.8) is 0 Å². The number of hydrogen-bond acceptors (Lipinski definition) is 7. The van der Waals surface area contributed by atoms with Crippen LogP contribution in [0.1, 0.15) is 31.2 Å². The van der Waals surface area contributed by atoms with E-state index >= 15 is 0 Å². The van der Waals surface area contributed by atoms with Gasteiger partial charge in [0.15, 0.2) is 11.6 Å². The lowest BCUT2D eigenvalue weighted by molar-refractivity contribution is 0.532. The van der Waals surface area contributed by atoms with E-state index in [9.17, 15) is 4.39 Å². The Balaban J connectivity index is 1.69. The molecule has 5 aromatic rings. The third kappa shape index (κ3) is 2.72. The molecule has 0 atom stereocenters. The largest absolute Gasteiger partial charge is 0.421 e. The highest BCUT2D eigenvalue weighted by atomic mass is 19.1. The van der Waals surface area contributed by atoms with Crippen molar-refractivity contribution in [2.75, 3.05) is 5.32 Å². The SMILES string of the molecule is Cc1nnc(-c2cn3ncnc(Nc4cnc5[nH]ccc5c4F)c3c2C(C)C)o1. The van der Waals surface area contributed by atoms with Crippen molar-refractivity contribution in [3.8, 4) is 11.5 Å². The Labute approximate surface area is 164 Å². The molecule has 0 saturated carbocycles. The first kappa shape index (κ1) is 17.3. The second kappa shape index (κ2) is 6.36. The summed E-state index contributed by atoms with van der Waals surface area (Å²) in [5.74, 6) is 1.04. The van der Waals surface area contributed by atoms with E-state index in [1.165, 1.54) is 12.5 Å². The third-order valence-electron chi connectivity index (χ3n) is 4.72. The fourth-order valence-corrected chi connectivity index (χ4v) is 3.48. The Morgan fingerprint density at radius 2 is 2.10 bits per heavy atom. The molecule has 29 heavy (non-hydrogen) atoms. The molecule has 0 bridgehead atoms. The second-order valence-electron chi connectivity index (χ2n) is 6.99. The van der Waals surface area contributed by atoms with Crippen LogP contribution >= 0.6 is 0 Å². The molecule has 5 rings (SSSR count). The summed E-state index contributed by atoms with van der Waals surface area (Å²) in [5, 5.41) is 15.8. The van der Waals surface area contributed by atoms with Crippen LogP contribution in [0.3, 0.4) is 0 Å². The van der Waals surface area contributed by atoms with Gasteiger partial charge >= 0.3 is 0 Å². The van der Waals surface area contributed by atoms with Crippen molar-refractivity contribution in [3.05, 3.63) is 48.3 Å². The molecule has 0 aliphatic carbocycles. The molecular formula is C19H17FN8O. The predicted molar refractivity (Wildman–Crippen MR) is 104 cm³/mol. The number of aromatic nitrogens is 7. The minimum absolute atomic E-state index is 0.101. The minimum Gasteiger partial charge on any atom is -0.421 e. The zero-order valence-electron chi connectivity index (χ0n) is 15.9. The van der Waals surface area contributed by atoms with Crippen molar-refractivity contribution in [2.24, 2.45) is 0 Å². The zero-order chi connectivity index (χ0) is 20.1. The molecule has 0 amide bonds. The number of halogens is 1. The summed E-state index contributed by atoms with van der Waals surface area (Å²) in [6, 6.07) is 1.64. The van der Waals surface area contributed by atoms with Crippen LogP contribution in [0, 0.1) is 12.7 Å². The van der Waals surface area contributed by atoms with Gasteiger partial charge in [0, 0.05) is 19.3 Å². The number of rotatable bonds is 4. The van der Waals surface area contributed by atoms with Gasteiger partial charge in [0.05, 0.1) is 22.8 Å². The second-order valence-corrected chi connectivity index (χ2v) is 6.99. The predicted octanol–water partition coefficient (Wildman–Crippen LogP) is 3.97. The van der Waals surface area contributed by atoms with Crippen molar-refractivity contribution in [1.82, 2.24) is 34.8 Å². The highest BCUT2D eigenvalue weighted by molar-refractivity contribution is 5.86. The number of pyridine rings is 1. The summed E-state index contributed by atoms with van der Waals surface area (Å²) >= 11 is 0. The van der Waals surface area contributed by atoms with E-state index in [1.807, 2.05) is 20.0 Å². The lowest BCUT2D eigenvalue weighted by Gasteiger charge is -2.11. The Kier molecular flexibility index (Phi) is 3.79. The molecule has 10 heteroatoms. The van der Waals surface area contributed by atoms with Gasteiger partial charge in [0.25, 0.3) is 0 Å². The lowest BCUT2D eigenvalue weighted by atomic mass is 10.00. The van der Waals surface area contributed by atoms with Gasteiger partial charge in [0.2, 0.25) is 11.8 Å². The summed E-state index contributed by atoms with van der Waals surface area (Å²) in [7, 11) is 0. The molecule has 0 fully saturated rings. The number of anilines is 2. The van der Waals surface area contributed by atoms with Crippen LogP contribution in [0.4, 0.5) is 15.9 Å². The number of aryl methyl sites for hydroxylation is 1. The van der Waals surface area contributed by atoms with Gasteiger partial charge < -0.3 is 14.7 Å². The number of fused-ring (bicyclic) bond motifs is 2. The fourth-order valence-electron chi connectivity index (χ4n) is 3.48. The van der Waals surface area contributed by atoms with Gasteiger partial charge in [-0.15, -0.1) is 10.2 Å². The standard InChI is InChI=1S/C19H17FN8O/c1-9(2)14-12(19-27-26-10(3)29-19)7-28-16(14)18(23-8-24-28)25-13-6-22-17-11(15(13)20)4-5-21-17/h4-9H,1-3H3,(H,21,22)(H,23,24,25). The van der Waals surface area contributed by atoms with E-state index in [1.54, 1.807) is 23.7 Å². The Morgan fingerprint density at radius 1 is 1.24 bits per heavy atom. The molecule has 9 nitrogen and oxygen atoms in total. The normalized spacial score (nSPS) is 11.8. The highest BCUT2D eigenvalue weighted by Crippen LogP contribution is 2.37. The maximum atomic E-state index is 14.9. The van der Waals surface area contributed by atoms with Crippen molar-refractivity contribution >= 4 is 28.1 Å². The highest BCUT2D eigenvalue weighted by Gasteiger charge is 2.23. The zero-order valence-corrected chi connectivity index (χ0v) is 15.9. The van der Waals surface area contributed by atoms with Gasteiger partial charge in [-0.25, -0.2) is 18.9 Å². The molecule has 0 saturated heterocycles. The average molecular weight is 392 g/mol. The first-order chi connectivity index (χ1) is 14.0. The number of nitrogens with zero attached hydrogens (tertiary/aromatic N) is 6. The van der Waals surface area contributed by atoms with Gasteiger partial charge in [-0.05, 0) is 17.5 Å². The van der Waals surface area contributed by atoms with Crippen LogP contribution in [0.25, 0.3) is 28.0 Å². The minimum atomic E-state index is -0.404. The van der Waals surface area contributed by atoms with E-state index in [0.29, 0.717) is 34.1 Å². The number of hydrogen-bond donors (Lipinski definition) is 2. The third-order valence-corrected chi connectivity index (χ3v) is 4.72. The van der Waals surface area contributed by atoms with Crippen LogP contribution in [-0.4, -0.2) is 34.8 Å². The fraction of sp³-hybridized carbons (Fsp3) is 0.211. The lowest BCUT2D eigenvalue weighted by Crippen LogP contribution is -2.03. The van der Waals surface area contributed by atoms with Crippen LogP contribution in [0.2, 0.25) is 0 Å². The summed E-state index contributed by atoms with van der Waals surface area (Å²) in [5.41, 5.74) is 3.11. The molecule has 0 spiro atoms. The number of aromatic amines is 1. The smallest absolute Gasteiger partial charge is 0.249 e. The molecule has 0 aromatic carbocycles. The van der Waals surface area contributed by atoms with E-state index in [4.69, 9.17) is 4.42 Å². The quantitative estimate of drug-likeness (QED) is 0.476. The topological polar surface area (TPSA) is 110 Å². The Morgan fingerprint density at radius 3 is 2.86 bits per heavy atom. The summed E-state index contributed by atoms with van der Waals surface area (Å²) in [6.07, 6.45) is 6.31. The van der Waals surface area contributed by atoms with Gasteiger partial charge in [-0.3, -0.25) is 0 Å². The maximum absolute atomic E-state index is 14.9. The Bertz CT molecular complexity index is 1350.